The monoisotopic (exact) mass is 771 g/mol. The molecule has 12 heteroatoms. The number of ether oxygens (including phenoxy) is 2. The second-order valence-electron chi connectivity index (χ2n) is 15.2. The number of hydrogen-bond donors (Lipinski definition) is 6. The molecule has 0 amide bonds. The summed E-state index contributed by atoms with van der Waals surface area (Å²) >= 11 is 0. The minimum absolute atomic E-state index is 0.0298. The molecule has 0 aromatic carbocycles. The second-order valence-corrected chi connectivity index (χ2v) is 15.2. The highest BCUT2D eigenvalue weighted by atomic mass is 16.6. The predicted molar refractivity (Wildman–Crippen MR) is 222 cm³/mol. The van der Waals surface area contributed by atoms with E-state index in [2.05, 4.69) is 18.6 Å². The molecular formula is C42H86N6O6. The Hall–Kier alpha value is -1.96. The fraction of sp³-hybridized carbons (Fsp3) is 0.905. The summed E-state index contributed by atoms with van der Waals surface area (Å²) in [5.41, 5.74) is 34.4. The van der Waals surface area contributed by atoms with Crippen LogP contribution in [0.5, 0.6) is 0 Å². The Labute approximate surface area is 330 Å². The molecule has 54 heavy (non-hydrogen) atoms. The minimum Gasteiger partial charge on any atom is -0.392 e. The van der Waals surface area contributed by atoms with Crippen LogP contribution >= 0.6 is 0 Å². The van der Waals surface area contributed by atoms with Gasteiger partial charge in [-0.1, -0.05) is 175 Å². The first-order chi connectivity index (χ1) is 25.9. The van der Waals surface area contributed by atoms with E-state index in [4.69, 9.17) is 39.1 Å². The molecule has 5 unspecified atom stereocenters. The van der Waals surface area contributed by atoms with Crippen LogP contribution in [-0.4, -0.2) is 60.6 Å². The summed E-state index contributed by atoms with van der Waals surface area (Å²) in [6.07, 6.45) is 30.2. The molecule has 12 N–H and O–H groups in total. The lowest BCUT2D eigenvalue weighted by atomic mass is 9.72. The Morgan fingerprint density at radius 1 is 0.500 bits per heavy atom. The maximum Gasteiger partial charge on any atom is 0.335 e. The summed E-state index contributed by atoms with van der Waals surface area (Å²) in [6, 6.07) is -2.09. The largest absolute Gasteiger partial charge is 0.392 e. The van der Waals surface area contributed by atoms with Crippen molar-refractivity contribution in [2.45, 2.75) is 225 Å². The van der Waals surface area contributed by atoms with E-state index in [-0.39, 0.29) is 25.9 Å². The molecule has 0 spiro atoms. The van der Waals surface area contributed by atoms with Crippen LogP contribution in [0.15, 0.2) is 0 Å². The third-order valence-electron chi connectivity index (χ3n) is 10.4. The normalized spacial score (nSPS) is 14.6. The number of unbranched alkanes of at least 4 members (excludes halogenated alkanes) is 21. The smallest absolute Gasteiger partial charge is 0.335 e. The van der Waals surface area contributed by atoms with Crippen LogP contribution in [0.2, 0.25) is 0 Å². The first-order valence-corrected chi connectivity index (χ1v) is 21.9. The molecule has 0 aromatic heterocycles. The van der Waals surface area contributed by atoms with Crippen LogP contribution in [-0.2, 0) is 28.7 Å². The number of hydrogen-bond acceptors (Lipinski definition) is 12. The number of nitrogens with two attached hydrogens (primary N) is 6. The summed E-state index contributed by atoms with van der Waals surface area (Å²) in [4.78, 5) is 47.0. The van der Waals surface area contributed by atoms with Gasteiger partial charge in [-0.25, -0.2) is 9.59 Å². The van der Waals surface area contributed by atoms with E-state index in [1.165, 1.54) is 116 Å². The van der Waals surface area contributed by atoms with Gasteiger partial charge in [0.05, 0.1) is 0 Å². The lowest BCUT2D eigenvalue weighted by molar-refractivity contribution is -0.166. The van der Waals surface area contributed by atoms with Crippen LogP contribution in [0.4, 0.5) is 0 Å². The Morgan fingerprint density at radius 3 is 1.20 bits per heavy atom. The summed E-state index contributed by atoms with van der Waals surface area (Å²) in [6.45, 7) is 7.86. The Kier molecular flexibility index (Phi) is 36.8. The zero-order valence-corrected chi connectivity index (χ0v) is 35.2. The third-order valence-corrected chi connectivity index (χ3v) is 10.4. The van der Waals surface area contributed by atoms with Crippen molar-refractivity contribution in [2.24, 2.45) is 40.3 Å². The molecule has 0 bridgehead atoms. The number of carbonyl (C=O) groups excluding carboxylic acids is 4. The van der Waals surface area contributed by atoms with Crippen molar-refractivity contribution in [3.05, 3.63) is 0 Å². The topological polar surface area (TPSA) is 243 Å². The fourth-order valence-electron chi connectivity index (χ4n) is 6.62. The molecule has 0 aliphatic carbocycles. The molecule has 0 saturated heterocycles. The maximum absolute atomic E-state index is 12.8. The van der Waals surface area contributed by atoms with Gasteiger partial charge in [0.2, 0.25) is 0 Å². The molecular weight excluding hydrogens is 684 g/mol. The van der Waals surface area contributed by atoms with Gasteiger partial charge < -0.3 is 43.9 Å². The van der Waals surface area contributed by atoms with Crippen LogP contribution in [0, 0.1) is 5.92 Å². The van der Waals surface area contributed by atoms with Crippen LogP contribution in [0.25, 0.3) is 0 Å². The molecule has 0 radical (unpaired) electrons. The van der Waals surface area contributed by atoms with Gasteiger partial charge in [0.25, 0.3) is 0 Å². The second kappa shape index (κ2) is 36.7. The quantitative estimate of drug-likeness (QED) is 0.0221. The highest BCUT2D eigenvalue weighted by Gasteiger charge is 2.50. The van der Waals surface area contributed by atoms with E-state index < -0.39 is 53.5 Å². The van der Waals surface area contributed by atoms with Crippen LogP contribution < -0.4 is 34.4 Å². The van der Waals surface area contributed by atoms with Gasteiger partial charge in [0.1, 0.15) is 11.6 Å². The number of rotatable bonds is 34. The number of esters is 4. The average Bonchev–Trinajstić information content (AvgIpc) is 3.17. The van der Waals surface area contributed by atoms with E-state index >= 15 is 0 Å². The molecule has 0 aromatic rings. The van der Waals surface area contributed by atoms with Crippen molar-refractivity contribution in [3.8, 4) is 0 Å². The van der Waals surface area contributed by atoms with Gasteiger partial charge in [0.15, 0.2) is 0 Å². The zero-order valence-electron chi connectivity index (χ0n) is 35.2. The minimum atomic E-state index is -1.66. The van der Waals surface area contributed by atoms with E-state index in [1.807, 2.05) is 0 Å². The predicted octanol–water partition coefficient (Wildman–Crippen LogP) is 6.94. The van der Waals surface area contributed by atoms with Crippen molar-refractivity contribution in [1.29, 1.82) is 0 Å². The molecule has 0 heterocycles. The first kappa shape index (κ1) is 54.1. The molecule has 0 aliphatic heterocycles. The lowest BCUT2D eigenvalue weighted by Crippen LogP contribution is -2.71. The van der Waals surface area contributed by atoms with Crippen molar-refractivity contribution in [3.63, 3.8) is 0 Å². The van der Waals surface area contributed by atoms with Gasteiger partial charge >= 0.3 is 23.9 Å². The van der Waals surface area contributed by atoms with Gasteiger partial charge in [-0.2, -0.15) is 0 Å². The highest BCUT2D eigenvalue weighted by Crippen LogP contribution is 2.28. The average molecular weight is 771 g/mol. The van der Waals surface area contributed by atoms with Gasteiger partial charge in [-0.05, 0) is 12.8 Å². The SMILES string of the molecule is CCCCCCCCCCCCCC(C(N)CN)C(N)(C(=O)OC(=O)CC)C(N)CN.CCCCCCCCCCCCCCC(N)C(=O)OC(=O)CC. The van der Waals surface area contributed by atoms with Crippen molar-refractivity contribution < 1.29 is 28.7 Å². The third kappa shape index (κ3) is 26.8. The molecule has 320 valence electrons. The standard InChI is InChI=1S/C23H49N5O3.C19H37NO3/c1-3-5-6-7-8-9-10-11-12-13-14-15-18(19(26)16-24)23(28,20(27)17-25)22(30)31-21(29)4-2;1-3-5-6-7-8-9-10-11-12-13-14-15-16-17(20)19(22)23-18(21)4-2/h18-20H,3-17,24-28H2,1-2H3;17H,3-16,20H2,1-2H3. The lowest BCUT2D eigenvalue weighted by Gasteiger charge is -2.41. The summed E-state index contributed by atoms with van der Waals surface area (Å²) in [5, 5.41) is 0. The van der Waals surface area contributed by atoms with E-state index in [9.17, 15) is 19.2 Å². The van der Waals surface area contributed by atoms with Crippen LogP contribution in [0.3, 0.4) is 0 Å². The van der Waals surface area contributed by atoms with E-state index in [1.54, 1.807) is 13.8 Å². The summed E-state index contributed by atoms with van der Waals surface area (Å²) in [7, 11) is 0. The van der Waals surface area contributed by atoms with Gasteiger partial charge in [-0.3, -0.25) is 9.59 Å². The molecule has 0 rings (SSSR count). The Bertz CT molecular complexity index is 941. The molecule has 0 saturated carbocycles. The highest BCUT2D eigenvalue weighted by molar-refractivity contribution is 5.92. The van der Waals surface area contributed by atoms with Crippen LogP contribution in [0.1, 0.15) is 201 Å². The number of carbonyl (C=O) groups is 4. The van der Waals surface area contributed by atoms with E-state index in [0.717, 1.165) is 32.1 Å². The summed E-state index contributed by atoms with van der Waals surface area (Å²) < 4.78 is 9.55. The van der Waals surface area contributed by atoms with Crippen molar-refractivity contribution in [1.82, 2.24) is 0 Å². The van der Waals surface area contributed by atoms with Gasteiger partial charge in [0, 0.05) is 43.9 Å². The Morgan fingerprint density at radius 2 is 0.852 bits per heavy atom. The zero-order chi connectivity index (χ0) is 41.0. The van der Waals surface area contributed by atoms with Crippen molar-refractivity contribution >= 4 is 23.9 Å². The molecule has 0 fully saturated rings. The molecule has 12 nitrogen and oxygen atoms in total. The fourth-order valence-corrected chi connectivity index (χ4v) is 6.62. The molecule has 5 atom stereocenters. The van der Waals surface area contributed by atoms with Crippen molar-refractivity contribution in [2.75, 3.05) is 13.1 Å². The Balaban J connectivity index is 0. The van der Waals surface area contributed by atoms with E-state index in [0.29, 0.717) is 12.8 Å². The molecule has 0 aliphatic rings. The van der Waals surface area contributed by atoms with Gasteiger partial charge in [-0.15, -0.1) is 0 Å². The first-order valence-electron chi connectivity index (χ1n) is 21.9. The summed E-state index contributed by atoms with van der Waals surface area (Å²) in [5.74, 6) is -3.13. The maximum atomic E-state index is 12.8.